The van der Waals surface area contributed by atoms with Gasteiger partial charge in [-0.3, -0.25) is 0 Å². The van der Waals surface area contributed by atoms with Crippen LogP contribution in [0.5, 0.6) is 0 Å². The van der Waals surface area contributed by atoms with E-state index in [2.05, 4.69) is 15.9 Å². The Bertz CT molecular complexity index is 368. The van der Waals surface area contributed by atoms with Crippen molar-refractivity contribution in [1.29, 1.82) is 0 Å². The number of rotatable bonds is 3. The molecule has 1 rings (SSSR count). The Morgan fingerprint density at radius 3 is 2.50 bits per heavy atom. The van der Waals surface area contributed by atoms with Crippen LogP contribution in [-0.4, -0.2) is 24.9 Å². The van der Waals surface area contributed by atoms with Gasteiger partial charge in [0.1, 0.15) is 6.54 Å². The molecule has 0 amide bonds. The maximum atomic E-state index is 12.2. The van der Waals surface area contributed by atoms with Crippen LogP contribution in [0.3, 0.4) is 0 Å². The summed E-state index contributed by atoms with van der Waals surface area (Å²) in [4.78, 5) is 1.07. The number of nitrogens with zero attached hydrogens (tertiary/aromatic N) is 1. The van der Waals surface area contributed by atoms with Crippen molar-refractivity contribution in [3.8, 4) is 0 Å². The molecule has 1 aromatic carbocycles. The number of alkyl halides is 3. The normalized spacial score (nSPS) is 11.6. The van der Waals surface area contributed by atoms with Crippen molar-refractivity contribution in [2.24, 2.45) is 0 Å². The highest BCUT2D eigenvalue weighted by molar-refractivity contribution is 9.10. The summed E-state index contributed by atoms with van der Waals surface area (Å²) < 4.78 is 37.3. The molecule has 90 valence electrons. The molecule has 0 radical (unpaired) electrons. The van der Waals surface area contributed by atoms with Crippen molar-refractivity contribution >= 4 is 21.6 Å². The van der Waals surface area contributed by atoms with Crippen molar-refractivity contribution in [3.05, 3.63) is 28.2 Å². The van der Waals surface area contributed by atoms with Crippen LogP contribution < -0.4 is 4.90 Å². The predicted molar refractivity (Wildman–Crippen MR) is 59.4 cm³/mol. The highest BCUT2D eigenvalue weighted by Crippen LogP contribution is 2.27. The van der Waals surface area contributed by atoms with Gasteiger partial charge in [0.25, 0.3) is 0 Å². The molecule has 0 spiro atoms. The molecular weight excluding hydrogens is 287 g/mol. The molecule has 1 aromatic rings. The molecular formula is C10H11BrF3NO. The van der Waals surface area contributed by atoms with E-state index in [1.54, 1.807) is 18.2 Å². The molecule has 0 heterocycles. The van der Waals surface area contributed by atoms with E-state index in [9.17, 15) is 13.2 Å². The Morgan fingerprint density at radius 1 is 1.38 bits per heavy atom. The topological polar surface area (TPSA) is 23.5 Å². The molecule has 0 fully saturated rings. The number of hydrogen-bond donors (Lipinski definition) is 1. The van der Waals surface area contributed by atoms with E-state index in [0.29, 0.717) is 15.7 Å². The lowest BCUT2D eigenvalue weighted by atomic mass is 10.1. The van der Waals surface area contributed by atoms with Crippen molar-refractivity contribution in [2.45, 2.75) is 12.8 Å². The lowest BCUT2D eigenvalue weighted by Crippen LogP contribution is -2.31. The zero-order chi connectivity index (χ0) is 12.3. The van der Waals surface area contributed by atoms with Crippen molar-refractivity contribution in [3.63, 3.8) is 0 Å². The smallest absolute Gasteiger partial charge is 0.392 e. The molecule has 16 heavy (non-hydrogen) atoms. The molecule has 0 atom stereocenters. The van der Waals surface area contributed by atoms with Gasteiger partial charge in [-0.05, 0) is 12.1 Å². The zero-order valence-electron chi connectivity index (χ0n) is 8.55. The second-order valence-corrected chi connectivity index (χ2v) is 4.32. The summed E-state index contributed by atoms with van der Waals surface area (Å²) in [6.45, 7) is -1.33. The minimum Gasteiger partial charge on any atom is -0.392 e. The molecule has 0 aliphatic rings. The largest absolute Gasteiger partial charge is 0.405 e. The summed E-state index contributed by atoms with van der Waals surface area (Å²) in [5.41, 5.74) is 0.837. The number of anilines is 1. The van der Waals surface area contributed by atoms with Crippen LogP contribution in [0.25, 0.3) is 0 Å². The molecule has 0 saturated heterocycles. The van der Waals surface area contributed by atoms with E-state index < -0.39 is 12.7 Å². The lowest BCUT2D eigenvalue weighted by Gasteiger charge is -2.23. The molecule has 0 saturated carbocycles. The van der Waals surface area contributed by atoms with E-state index in [1.807, 2.05) is 0 Å². The predicted octanol–water partition coefficient (Wildman–Crippen LogP) is 2.94. The number of aliphatic hydroxyl groups excluding tert-OH is 1. The number of hydrogen-bond acceptors (Lipinski definition) is 2. The standard InChI is InChI=1S/C10H11BrF3NO/c1-15(6-10(12,13)14)9-4-8(11)3-2-7(9)5-16/h2-4,16H,5-6H2,1H3. The molecule has 0 aliphatic heterocycles. The molecule has 0 unspecified atom stereocenters. The highest BCUT2D eigenvalue weighted by atomic mass is 79.9. The second-order valence-electron chi connectivity index (χ2n) is 3.40. The molecule has 6 heteroatoms. The molecule has 1 N–H and O–H groups in total. The van der Waals surface area contributed by atoms with Crippen LogP contribution in [0, 0.1) is 0 Å². The summed E-state index contributed by atoms with van der Waals surface area (Å²) in [6, 6.07) is 4.82. The van der Waals surface area contributed by atoms with E-state index >= 15 is 0 Å². The summed E-state index contributed by atoms with van der Waals surface area (Å²) in [5.74, 6) is 0. The van der Waals surface area contributed by atoms with Gasteiger partial charge in [0, 0.05) is 22.8 Å². The van der Waals surface area contributed by atoms with Crippen LogP contribution in [0.1, 0.15) is 5.56 Å². The first-order chi connectivity index (χ1) is 7.33. The monoisotopic (exact) mass is 297 g/mol. The summed E-state index contributed by atoms with van der Waals surface area (Å²) in [6.07, 6.45) is -4.26. The zero-order valence-corrected chi connectivity index (χ0v) is 10.1. The Labute approximate surface area is 99.8 Å². The van der Waals surface area contributed by atoms with Gasteiger partial charge in [-0.2, -0.15) is 13.2 Å². The Hall–Kier alpha value is -0.750. The third-order valence-corrected chi connectivity index (χ3v) is 2.54. The second kappa shape index (κ2) is 5.05. The van der Waals surface area contributed by atoms with Gasteiger partial charge >= 0.3 is 6.18 Å². The molecule has 0 aliphatic carbocycles. The molecule has 0 bridgehead atoms. The third kappa shape index (κ3) is 3.68. The summed E-state index contributed by atoms with van der Waals surface area (Å²) in [7, 11) is 1.34. The Morgan fingerprint density at radius 2 is 2.00 bits per heavy atom. The van der Waals surface area contributed by atoms with Gasteiger partial charge in [-0.1, -0.05) is 22.0 Å². The van der Waals surface area contributed by atoms with Crippen LogP contribution in [-0.2, 0) is 6.61 Å². The van der Waals surface area contributed by atoms with Crippen molar-refractivity contribution in [1.82, 2.24) is 0 Å². The maximum Gasteiger partial charge on any atom is 0.405 e. The van der Waals surface area contributed by atoms with Crippen LogP contribution in [0.4, 0.5) is 18.9 Å². The van der Waals surface area contributed by atoms with Gasteiger partial charge in [0.15, 0.2) is 0 Å². The first kappa shape index (κ1) is 13.3. The van der Waals surface area contributed by atoms with Crippen LogP contribution in [0.15, 0.2) is 22.7 Å². The van der Waals surface area contributed by atoms with Crippen LogP contribution in [0.2, 0.25) is 0 Å². The van der Waals surface area contributed by atoms with Crippen molar-refractivity contribution < 1.29 is 18.3 Å². The van der Waals surface area contributed by atoms with E-state index in [-0.39, 0.29) is 6.61 Å². The fraction of sp³-hybridized carbons (Fsp3) is 0.400. The lowest BCUT2D eigenvalue weighted by molar-refractivity contribution is -0.119. The number of benzene rings is 1. The summed E-state index contributed by atoms with van der Waals surface area (Å²) in [5, 5.41) is 9.03. The fourth-order valence-corrected chi connectivity index (χ4v) is 1.73. The number of aliphatic hydroxyl groups is 1. The van der Waals surface area contributed by atoms with Crippen molar-refractivity contribution in [2.75, 3.05) is 18.5 Å². The van der Waals surface area contributed by atoms with Gasteiger partial charge in [0.05, 0.1) is 6.61 Å². The molecule has 0 aromatic heterocycles. The first-order valence-electron chi connectivity index (χ1n) is 4.50. The van der Waals surface area contributed by atoms with E-state index in [0.717, 1.165) is 4.90 Å². The van der Waals surface area contributed by atoms with E-state index in [1.165, 1.54) is 7.05 Å². The average Bonchev–Trinajstić information content (AvgIpc) is 2.15. The van der Waals surface area contributed by atoms with Gasteiger partial charge in [-0.15, -0.1) is 0 Å². The SMILES string of the molecule is CN(CC(F)(F)F)c1cc(Br)ccc1CO. The minimum absolute atomic E-state index is 0.287. The summed E-state index contributed by atoms with van der Waals surface area (Å²) >= 11 is 3.18. The first-order valence-corrected chi connectivity index (χ1v) is 5.30. The molecule has 2 nitrogen and oxygen atoms in total. The fourth-order valence-electron chi connectivity index (χ4n) is 1.38. The third-order valence-electron chi connectivity index (χ3n) is 2.05. The van der Waals surface area contributed by atoms with E-state index in [4.69, 9.17) is 5.11 Å². The van der Waals surface area contributed by atoms with Gasteiger partial charge in [0.2, 0.25) is 0 Å². The van der Waals surface area contributed by atoms with Gasteiger partial charge < -0.3 is 10.0 Å². The minimum atomic E-state index is -4.26. The Balaban J connectivity index is 2.97. The highest BCUT2D eigenvalue weighted by Gasteiger charge is 2.30. The maximum absolute atomic E-state index is 12.2. The van der Waals surface area contributed by atoms with Gasteiger partial charge in [-0.25, -0.2) is 0 Å². The quantitative estimate of drug-likeness (QED) is 0.927. The average molecular weight is 298 g/mol. The Kier molecular flexibility index (Phi) is 4.21. The van der Waals surface area contributed by atoms with Crippen LogP contribution >= 0.6 is 15.9 Å². The number of halogens is 4.